The number of hydrogen-bond acceptors (Lipinski definition) is 8. The Bertz CT molecular complexity index is 2130. The van der Waals surface area contributed by atoms with Crippen LogP contribution in [0.5, 0.6) is 5.75 Å². The number of para-hydroxylation sites is 1. The number of nitro groups is 1. The lowest BCUT2D eigenvalue weighted by atomic mass is 9.94. The third-order valence-electron chi connectivity index (χ3n) is 7.26. The van der Waals surface area contributed by atoms with Gasteiger partial charge in [-0.2, -0.15) is 0 Å². The van der Waals surface area contributed by atoms with Crippen LogP contribution >= 0.6 is 11.3 Å². The van der Waals surface area contributed by atoms with Crippen molar-refractivity contribution in [2.24, 2.45) is 4.99 Å². The molecule has 3 aromatic carbocycles. The van der Waals surface area contributed by atoms with Crippen molar-refractivity contribution in [3.63, 3.8) is 0 Å². The van der Waals surface area contributed by atoms with Gasteiger partial charge in [0.05, 0.1) is 45.5 Å². The summed E-state index contributed by atoms with van der Waals surface area (Å²) in [5.41, 5.74) is 3.08. The Kier molecular flexibility index (Phi) is 7.54. The highest BCUT2D eigenvalue weighted by Gasteiger charge is 2.32. The van der Waals surface area contributed by atoms with Crippen LogP contribution in [0.3, 0.4) is 0 Å². The molecule has 0 saturated heterocycles. The van der Waals surface area contributed by atoms with Gasteiger partial charge in [0.2, 0.25) is 0 Å². The van der Waals surface area contributed by atoms with Crippen LogP contribution in [0, 0.1) is 17.0 Å². The van der Waals surface area contributed by atoms with Gasteiger partial charge in [-0.3, -0.25) is 24.3 Å². The molecule has 0 bridgehead atoms. The molecule has 2 aromatic heterocycles. The third-order valence-corrected chi connectivity index (χ3v) is 8.24. The summed E-state index contributed by atoms with van der Waals surface area (Å²) >= 11 is 1.18. The number of aromatic nitrogens is 1. The SMILES string of the molecule is COc1ccc(-c2ccc(/C=c3\sc4n(c3=O)C(c3ccc(C)cc3)C(C(=O)Nc3ccccc3)=C(C)N=4)o2)c([N+](=O)[O-])c1. The predicted octanol–water partition coefficient (Wildman–Crippen LogP) is 5.36. The maximum Gasteiger partial charge on any atom is 0.284 e. The lowest BCUT2D eigenvalue weighted by Crippen LogP contribution is -2.40. The molecule has 6 rings (SSSR count). The number of anilines is 1. The van der Waals surface area contributed by atoms with Crippen molar-refractivity contribution in [1.29, 1.82) is 0 Å². The van der Waals surface area contributed by atoms with Gasteiger partial charge in [0, 0.05) is 11.8 Å². The molecule has 5 aromatic rings. The highest BCUT2D eigenvalue weighted by Crippen LogP contribution is 2.34. The van der Waals surface area contributed by atoms with E-state index in [9.17, 15) is 19.7 Å². The number of ether oxygens (including phenoxy) is 1. The number of fused-ring (bicyclic) bond motifs is 1. The first kappa shape index (κ1) is 28.6. The topological polar surface area (TPSA) is 129 Å². The van der Waals surface area contributed by atoms with Crippen LogP contribution in [0.2, 0.25) is 0 Å². The summed E-state index contributed by atoms with van der Waals surface area (Å²) in [7, 11) is 1.43. The number of thiazole rings is 1. The summed E-state index contributed by atoms with van der Waals surface area (Å²) in [4.78, 5) is 44.0. The van der Waals surface area contributed by atoms with Gasteiger partial charge in [-0.15, -0.1) is 0 Å². The van der Waals surface area contributed by atoms with Crippen LogP contribution in [-0.2, 0) is 4.79 Å². The lowest BCUT2D eigenvalue weighted by Gasteiger charge is -2.25. The monoisotopic (exact) mass is 606 g/mol. The number of allylic oxidation sites excluding steroid dienone is 1. The number of carbonyl (C=O) groups is 1. The van der Waals surface area contributed by atoms with E-state index in [-0.39, 0.29) is 28.5 Å². The molecule has 0 radical (unpaired) electrons. The number of aryl methyl sites for hydroxylation is 1. The molecule has 0 spiro atoms. The molecule has 0 fully saturated rings. The van der Waals surface area contributed by atoms with E-state index in [4.69, 9.17) is 9.15 Å². The van der Waals surface area contributed by atoms with E-state index in [1.807, 2.05) is 49.4 Å². The van der Waals surface area contributed by atoms with Gasteiger partial charge in [-0.1, -0.05) is 59.4 Å². The molecule has 0 saturated carbocycles. The number of hydrogen-bond donors (Lipinski definition) is 1. The van der Waals surface area contributed by atoms with E-state index in [0.717, 1.165) is 11.1 Å². The molecule has 1 amide bonds. The summed E-state index contributed by atoms with van der Waals surface area (Å²) in [6.45, 7) is 3.73. The number of nitrogens with one attached hydrogen (secondary N) is 1. The number of nitro benzene ring substituents is 1. The zero-order valence-corrected chi connectivity index (χ0v) is 24.8. The molecular weight excluding hydrogens is 580 g/mol. The quantitative estimate of drug-likeness (QED) is 0.196. The smallest absolute Gasteiger partial charge is 0.284 e. The first-order valence-corrected chi connectivity index (χ1v) is 14.4. The molecule has 1 atom stereocenters. The van der Waals surface area contributed by atoms with Crippen molar-refractivity contribution in [3.05, 3.63) is 143 Å². The summed E-state index contributed by atoms with van der Waals surface area (Å²) in [5.74, 6) is 0.601. The molecule has 1 aliphatic rings. The predicted molar refractivity (Wildman–Crippen MR) is 167 cm³/mol. The average molecular weight is 607 g/mol. The lowest BCUT2D eigenvalue weighted by molar-refractivity contribution is -0.384. The van der Waals surface area contributed by atoms with Crippen molar-refractivity contribution in [2.75, 3.05) is 12.4 Å². The Hall–Kier alpha value is -5.55. The van der Waals surface area contributed by atoms with Crippen molar-refractivity contribution in [2.45, 2.75) is 19.9 Å². The molecule has 3 heterocycles. The summed E-state index contributed by atoms with van der Waals surface area (Å²) in [6.07, 6.45) is 1.58. The molecule has 10 nitrogen and oxygen atoms in total. The first-order valence-electron chi connectivity index (χ1n) is 13.6. The van der Waals surface area contributed by atoms with Crippen LogP contribution in [0.25, 0.3) is 17.4 Å². The van der Waals surface area contributed by atoms with Crippen molar-refractivity contribution < 1.29 is 18.9 Å². The van der Waals surface area contributed by atoms with Crippen LogP contribution in [-0.4, -0.2) is 22.5 Å². The Morgan fingerprint density at radius 2 is 1.82 bits per heavy atom. The Morgan fingerprint density at radius 1 is 1.07 bits per heavy atom. The van der Waals surface area contributed by atoms with Gasteiger partial charge in [0.15, 0.2) is 4.80 Å². The van der Waals surface area contributed by atoms with E-state index in [1.54, 1.807) is 49.4 Å². The molecule has 0 aliphatic carbocycles. The van der Waals surface area contributed by atoms with Gasteiger partial charge >= 0.3 is 0 Å². The maximum absolute atomic E-state index is 14.0. The summed E-state index contributed by atoms with van der Waals surface area (Å²) in [6, 6.07) is 23.8. The number of furan rings is 1. The first-order chi connectivity index (χ1) is 21.2. The molecule has 220 valence electrons. The third kappa shape index (κ3) is 5.36. The minimum absolute atomic E-state index is 0.167. The fraction of sp³-hybridized carbons (Fsp3) is 0.121. The van der Waals surface area contributed by atoms with Crippen LogP contribution in [0.1, 0.15) is 29.9 Å². The Morgan fingerprint density at radius 3 is 2.52 bits per heavy atom. The Labute approximate surface area is 255 Å². The van der Waals surface area contributed by atoms with Crippen LogP contribution in [0.4, 0.5) is 11.4 Å². The van der Waals surface area contributed by atoms with Gasteiger partial charge in [-0.05, 0) is 55.8 Å². The largest absolute Gasteiger partial charge is 0.497 e. The van der Waals surface area contributed by atoms with Gasteiger partial charge < -0.3 is 14.5 Å². The highest BCUT2D eigenvalue weighted by molar-refractivity contribution is 7.07. The highest BCUT2D eigenvalue weighted by atomic mass is 32.1. The molecule has 11 heteroatoms. The standard InChI is InChI=1S/C33H26N4O6S/c1-19-9-11-21(12-10-19)30-29(31(38)35-22-7-5-4-6-8-22)20(2)34-33-36(30)32(39)28(44-33)18-24-14-16-27(43-24)25-15-13-23(42-3)17-26(25)37(40)41/h4-18,30H,1-3H3,(H,35,38)/b28-18-. The number of rotatable bonds is 7. The van der Waals surface area contributed by atoms with E-state index in [2.05, 4.69) is 10.3 Å². The number of nitrogens with zero attached hydrogens (tertiary/aromatic N) is 3. The van der Waals surface area contributed by atoms with Gasteiger partial charge in [0.25, 0.3) is 17.2 Å². The second kappa shape index (κ2) is 11.6. The zero-order valence-electron chi connectivity index (χ0n) is 23.9. The molecule has 44 heavy (non-hydrogen) atoms. The average Bonchev–Trinajstić information content (AvgIpc) is 3.60. The van der Waals surface area contributed by atoms with Crippen molar-refractivity contribution in [3.8, 4) is 17.1 Å². The number of amides is 1. The summed E-state index contributed by atoms with van der Waals surface area (Å²) in [5, 5.41) is 14.6. The zero-order chi connectivity index (χ0) is 31.0. The molecule has 1 aliphatic heterocycles. The molecule has 1 N–H and O–H groups in total. The normalized spacial score (nSPS) is 14.6. The van der Waals surface area contributed by atoms with Gasteiger partial charge in [-0.25, -0.2) is 4.99 Å². The van der Waals surface area contributed by atoms with E-state index in [0.29, 0.717) is 37.8 Å². The second-order valence-electron chi connectivity index (χ2n) is 10.2. The van der Waals surface area contributed by atoms with Crippen LogP contribution < -0.4 is 24.9 Å². The minimum atomic E-state index is -0.716. The van der Waals surface area contributed by atoms with E-state index < -0.39 is 11.0 Å². The minimum Gasteiger partial charge on any atom is -0.497 e. The van der Waals surface area contributed by atoms with E-state index >= 15 is 0 Å². The van der Waals surface area contributed by atoms with Crippen LogP contribution in [0.15, 0.2) is 110 Å². The number of methoxy groups -OCH3 is 1. The molecule has 1 unspecified atom stereocenters. The number of carbonyl (C=O) groups excluding carboxylic acids is 1. The summed E-state index contributed by atoms with van der Waals surface area (Å²) < 4.78 is 12.9. The fourth-order valence-corrected chi connectivity index (χ4v) is 6.12. The Balaban J connectivity index is 1.44. The maximum atomic E-state index is 14.0. The van der Waals surface area contributed by atoms with Crippen molar-refractivity contribution in [1.82, 2.24) is 4.57 Å². The van der Waals surface area contributed by atoms with Crippen molar-refractivity contribution >= 4 is 34.7 Å². The van der Waals surface area contributed by atoms with Gasteiger partial charge in [0.1, 0.15) is 17.3 Å². The fourth-order valence-electron chi connectivity index (χ4n) is 5.10. The van der Waals surface area contributed by atoms with E-state index in [1.165, 1.54) is 29.1 Å². The molecular formula is C33H26N4O6S. The number of benzene rings is 3. The second-order valence-corrected chi connectivity index (χ2v) is 11.2.